The molecule has 1 amide bonds. The van der Waals surface area contributed by atoms with Gasteiger partial charge in [0, 0.05) is 24.6 Å². The van der Waals surface area contributed by atoms with E-state index < -0.39 is 0 Å². The summed E-state index contributed by atoms with van der Waals surface area (Å²) in [6.45, 7) is 2.63. The second-order valence-corrected chi connectivity index (χ2v) is 7.05. The average Bonchev–Trinajstić information content (AvgIpc) is 2.74. The monoisotopic (exact) mass is 386 g/mol. The zero-order valence-electron chi connectivity index (χ0n) is 16.4. The van der Waals surface area contributed by atoms with Crippen molar-refractivity contribution in [1.29, 1.82) is 0 Å². The second-order valence-electron chi connectivity index (χ2n) is 7.05. The first-order valence-corrected chi connectivity index (χ1v) is 9.55. The fraction of sp³-hybridized carbons (Fsp3) is 0.409. The number of amides is 1. The molecule has 2 aromatic rings. The number of hydrogen-bond donors (Lipinski definition) is 1. The molecule has 0 saturated carbocycles. The summed E-state index contributed by atoms with van der Waals surface area (Å²) in [5.41, 5.74) is 1.67. The maximum Gasteiger partial charge on any atom is 0.223 e. The number of ether oxygens (including phenoxy) is 2. The number of halogens is 1. The fourth-order valence-electron chi connectivity index (χ4n) is 3.54. The minimum absolute atomic E-state index is 0.00276. The Bertz CT molecular complexity index is 804. The highest BCUT2D eigenvalue weighted by Crippen LogP contribution is 2.27. The van der Waals surface area contributed by atoms with Crippen LogP contribution in [0.15, 0.2) is 42.5 Å². The van der Waals surface area contributed by atoms with E-state index in [1.54, 1.807) is 20.3 Å². The number of hydrogen-bond acceptors (Lipinski definition) is 4. The number of carbonyl (C=O) groups is 1. The number of rotatable bonds is 7. The number of nitrogens with one attached hydrogen (secondary N) is 1. The molecular weight excluding hydrogens is 359 g/mol. The van der Waals surface area contributed by atoms with E-state index in [4.69, 9.17) is 9.47 Å². The molecule has 1 saturated heterocycles. The zero-order chi connectivity index (χ0) is 19.9. The third kappa shape index (κ3) is 5.01. The van der Waals surface area contributed by atoms with E-state index in [2.05, 4.69) is 10.2 Å². The predicted octanol–water partition coefficient (Wildman–Crippen LogP) is 3.37. The quantitative estimate of drug-likeness (QED) is 0.793. The summed E-state index contributed by atoms with van der Waals surface area (Å²) in [7, 11) is 3.19. The Labute approximate surface area is 165 Å². The number of nitrogens with zero attached hydrogens (tertiary/aromatic N) is 1. The number of benzene rings is 2. The summed E-state index contributed by atoms with van der Waals surface area (Å²) in [4.78, 5) is 14.7. The molecule has 0 bridgehead atoms. The molecule has 0 unspecified atom stereocenters. The van der Waals surface area contributed by atoms with Crippen LogP contribution >= 0.6 is 0 Å². The van der Waals surface area contributed by atoms with E-state index in [0.717, 1.165) is 31.5 Å². The standard InChI is InChI=1S/C22H27FN2O3/c1-27-20-8-7-16(13-21(20)28-2)14-24-22(26)17-9-11-25(12-10-17)15-18-5-3-4-6-19(18)23/h3-8,13,17H,9-12,14-15H2,1-2H3,(H,24,26). The second kappa shape index (κ2) is 9.55. The molecule has 0 aromatic heterocycles. The molecule has 0 radical (unpaired) electrons. The van der Waals surface area contributed by atoms with Gasteiger partial charge in [-0.2, -0.15) is 0 Å². The van der Waals surface area contributed by atoms with Crippen molar-refractivity contribution < 1.29 is 18.7 Å². The molecule has 2 aromatic carbocycles. The number of carbonyl (C=O) groups excluding carboxylic acids is 1. The van der Waals surface area contributed by atoms with Gasteiger partial charge in [0.2, 0.25) is 5.91 Å². The number of piperidine rings is 1. The Morgan fingerprint density at radius 1 is 1.11 bits per heavy atom. The summed E-state index contributed by atoms with van der Waals surface area (Å²) in [6.07, 6.45) is 1.57. The highest BCUT2D eigenvalue weighted by molar-refractivity contribution is 5.78. The predicted molar refractivity (Wildman–Crippen MR) is 106 cm³/mol. The van der Waals surface area contributed by atoms with Gasteiger partial charge < -0.3 is 14.8 Å². The molecule has 5 nitrogen and oxygen atoms in total. The third-order valence-corrected chi connectivity index (χ3v) is 5.22. The number of likely N-dealkylation sites (tertiary alicyclic amines) is 1. The summed E-state index contributed by atoms with van der Waals surface area (Å²) in [5, 5.41) is 3.02. The van der Waals surface area contributed by atoms with Crippen LogP contribution < -0.4 is 14.8 Å². The minimum atomic E-state index is -0.169. The fourth-order valence-corrected chi connectivity index (χ4v) is 3.54. The normalized spacial score (nSPS) is 15.2. The van der Waals surface area contributed by atoms with E-state index in [-0.39, 0.29) is 17.6 Å². The molecule has 28 heavy (non-hydrogen) atoms. The van der Waals surface area contributed by atoms with Gasteiger partial charge in [-0.15, -0.1) is 0 Å². The van der Waals surface area contributed by atoms with Crippen LogP contribution in [0.5, 0.6) is 11.5 Å². The van der Waals surface area contributed by atoms with E-state index >= 15 is 0 Å². The van der Waals surface area contributed by atoms with Gasteiger partial charge in [0.25, 0.3) is 0 Å². The van der Waals surface area contributed by atoms with E-state index in [1.807, 2.05) is 30.3 Å². The molecule has 0 atom stereocenters. The van der Waals surface area contributed by atoms with Crippen LogP contribution in [0, 0.1) is 11.7 Å². The van der Waals surface area contributed by atoms with Crippen molar-refractivity contribution in [2.24, 2.45) is 5.92 Å². The molecule has 1 aliphatic heterocycles. The van der Waals surface area contributed by atoms with Gasteiger partial charge >= 0.3 is 0 Å². The van der Waals surface area contributed by atoms with Gasteiger partial charge in [-0.1, -0.05) is 24.3 Å². The first-order chi connectivity index (χ1) is 13.6. The van der Waals surface area contributed by atoms with Crippen molar-refractivity contribution in [3.63, 3.8) is 0 Å². The van der Waals surface area contributed by atoms with Gasteiger partial charge in [0.1, 0.15) is 5.82 Å². The number of methoxy groups -OCH3 is 2. The molecule has 1 fully saturated rings. The van der Waals surface area contributed by atoms with Crippen molar-refractivity contribution in [2.75, 3.05) is 27.3 Å². The van der Waals surface area contributed by atoms with Crippen LogP contribution in [0.25, 0.3) is 0 Å². The van der Waals surface area contributed by atoms with Crippen LogP contribution in [0.1, 0.15) is 24.0 Å². The molecule has 150 valence electrons. The molecule has 0 aliphatic carbocycles. The van der Waals surface area contributed by atoms with Crippen molar-refractivity contribution >= 4 is 5.91 Å². The van der Waals surface area contributed by atoms with Crippen LogP contribution in [0.4, 0.5) is 4.39 Å². The van der Waals surface area contributed by atoms with Crippen LogP contribution in [-0.4, -0.2) is 38.1 Å². The Morgan fingerprint density at radius 2 is 1.82 bits per heavy atom. The van der Waals surface area contributed by atoms with Crippen LogP contribution in [0.2, 0.25) is 0 Å². The molecule has 0 spiro atoms. The van der Waals surface area contributed by atoms with E-state index in [0.29, 0.717) is 30.2 Å². The Hall–Kier alpha value is -2.60. The maximum absolute atomic E-state index is 13.8. The highest BCUT2D eigenvalue weighted by atomic mass is 19.1. The topological polar surface area (TPSA) is 50.8 Å². The largest absolute Gasteiger partial charge is 0.493 e. The zero-order valence-corrected chi connectivity index (χ0v) is 16.4. The maximum atomic E-state index is 13.8. The van der Waals surface area contributed by atoms with Gasteiger partial charge in [0.05, 0.1) is 14.2 Å². The van der Waals surface area contributed by atoms with E-state index in [1.165, 1.54) is 6.07 Å². The van der Waals surface area contributed by atoms with E-state index in [9.17, 15) is 9.18 Å². The SMILES string of the molecule is COc1ccc(CNC(=O)C2CCN(Cc3ccccc3F)CC2)cc1OC. The third-order valence-electron chi connectivity index (χ3n) is 5.22. The van der Waals surface area contributed by atoms with Gasteiger partial charge in [-0.3, -0.25) is 9.69 Å². The molecular formula is C22H27FN2O3. The Morgan fingerprint density at radius 3 is 2.50 bits per heavy atom. The summed E-state index contributed by atoms with van der Waals surface area (Å²) >= 11 is 0. The van der Waals surface area contributed by atoms with Gasteiger partial charge in [-0.05, 0) is 49.7 Å². The molecule has 1 N–H and O–H groups in total. The lowest BCUT2D eigenvalue weighted by molar-refractivity contribution is -0.126. The highest BCUT2D eigenvalue weighted by Gasteiger charge is 2.25. The summed E-state index contributed by atoms with van der Waals surface area (Å²) in [6, 6.07) is 12.5. The van der Waals surface area contributed by atoms with Gasteiger partial charge in [0.15, 0.2) is 11.5 Å². The average molecular weight is 386 g/mol. The minimum Gasteiger partial charge on any atom is -0.493 e. The lowest BCUT2D eigenvalue weighted by Crippen LogP contribution is -2.40. The van der Waals surface area contributed by atoms with Crippen LogP contribution in [-0.2, 0) is 17.9 Å². The van der Waals surface area contributed by atoms with Crippen molar-refractivity contribution in [3.8, 4) is 11.5 Å². The Kier molecular flexibility index (Phi) is 6.87. The molecule has 1 aliphatic rings. The molecule has 1 heterocycles. The van der Waals surface area contributed by atoms with Crippen LogP contribution in [0.3, 0.4) is 0 Å². The van der Waals surface area contributed by atoms with Crippen molar-refractivity contribution in [3.05, 3.63) is 59.4 Å². The first kappa shape index (κ1) is 20.1. The van der Waals surface area contributed by atoms with Crippen molar-refractivity contribution in [1.82, 2.24) is 10.2 Å². The molecule has 6 heteroatoms. The van der Waals surface area contributed by atoms with Crippen molar-refractivity contribution in [2.45, 2.75) is 25.9 Å². The smallest absolute Gasteiger partial charge is 0.223 e. The van der Waals surface area contributed by atoms with Gasteiger partial charge in [-0.25, -0.2) is 4.39 Å². The summed E-state index contributed by atoms with van der Waals surface area (Å²) < 4.78 is 24.3. The Balaban J connectivity index is 1.47. The first-order valence-electron chi connectivity index (χ1n) is 9.55. The lowest BCUT2D eigenvalue weighted by Gasteiger charge is -2.31. The summed E-state index contributed by atoms with van der Waals surface area (Å²) in [5.74, 6) is 1.21. The lowest BCUT2D eigenvalue weighted by atomic mass is 9.95. The molecule has 3 rings (SSSR count).